The fraction of sp³-hybridized carbons (Fsp3) is 0.143. The topological polar surface area (TPSA) is 68.0 Å². The number of carbonyl (C=O) groups excluding carboxylic acids is 1. The Morgan fingerprint density at radius 1 is 1.33 bits per heavy atom. The minimum Gasteiger partial charge on any atom is -0.397 e. The van der Waals surface area contributed by atoms with E-state index >= 15 is 0 Å². The Bertz CT molecular complexity index is 639. The zero-order chi connectivity index (χ0) is 15.4. The smallest absolute Gasteiger partial charge is 0.234 e. The van der Waals surface area contributed by atoms with Gasteiger partial charge in [-0.3, -0.25) is 4.79 Å². The first-order chi connectivity index (χ1) is 9.95. The summed E-state index contributed by atoms with van der Waals surface area (Å²) in [6.07, 6.45) is 1.58. The van der Waals surface area contributed by atoms with Gasteiger partial charge in [0.15, 0.2) is 0 Å². The molecule has 0 aliphatic carbocycles. The van der Waals surface area contributed by atoms with Gasteiger partial charge in [-0.1, -0.05) is 11.8 Å². The standard InChI is InChI=1S/C14H13Br2N3OS/c1-8-4-10(15)14(11(16)5-8)19-12(20)7-21-13-3-2-9(17)6-18-13/h2-6H,7,17H2,1H3,(H,19,20). The third kappa shape index (κ3) is 4.72. The minimum atomic E-state index is -0.0936. The molecule has 0 radical (unpaired) electrons. The number of anilines is 2. The monoisotopic (exact) mass is 429 g/mol. The maximum atomic E-state index is 12.0. The van der Waals surface area contributed by atoms with E-state index in [1.54, 1.807) is 18.3 Å². The second kappa shape index (κ2) is 7.29. The zero-order valence-corrected chi connectivity index (χ0v) is 15.2. The molecule has 2 aromatic rings. The van der Waals surface area contributed by atoms with E-state index < -0.39 is 0 Å². The summed E-state index contributed by atoms with van der Waals surface area (Å²) in [5.41, 5.74) is 8.01. The average molecular weight is 431 g/mol. The number of carbonyl (C=O) groups is 1. The van der Waals surface area contributed by atoms with Crippen molar-refractivity contribution in [2.45, 2.75) is 11.9 Å². The highest BCUT2D eigenvalue weighted by atomic mass is 79.9. The normalized spacial score (nSPS) is 10.4. The number of hydrogen-bond acceptors (Lipinski definition) is 4. The molecule has 0 saturated heterocycles. The number of nitrogen functional groups attached to an aromatic ring is 1. The molecule has 1 aromatic heterocycles. The van der Waals surface area contributed by atoms with E-state index in [2.05, 4.69) is 42.2 Å². The number of nitrogens with two attached hydrogens (primary N) is 1. The Morgan fingerprint density at radius 2 is 2.00 bits per heavy atom. The van der Waals surface area contributed by atoms with Crippen molar-refractivity contribution in [3.63, 3.8) is 0 Å². The molecular formula is C14H13Br2N3OS. The molecule has 0 aliphatic rings. The molecular weight excluding hydrogens is 418 g/mol. The molecule has 4 nitrogen and oxygen atoms in total. The van der Waals surface area contributed by atoms with Crippen molar-refractivity contribution in [1.82, 2.24) is 4.98 Å². The van der Waals surface area contributed by atoms with Gasteiger partial charge >= 0.3 is 0 Å². The lowest BCUT2D eigenvalue weighted by Crippen LogP contribution is -2.15. The van der Waals surface area contributed by atoms with Crippen molar-refractivity contribution in [3.8, 4) is 0 Å². The summed E-state index contributed by atoms with van der Waals surface area (Å²) in [7, 11) is 0. The van der Waals surface area contributed by atoms with Crippen LogP contribution in [0.1, 0.15) is 5.56 Å². The first-order valence-corrected chi connectivity index (χ1v) is 8.62. The molecule has 0 bridgehead atoms. The minimum absolute atomic E-state index is 0.0936. The van der Waals surface area contributed by atoms with E-state index in [0.29, 0.717) is 5.69 Å². The summed E-state index contributed by atoms with van der Waals surface area (Å²) in [6.45, 7) is 1.99. The van der Waals surface area contributed by atoms with E-state index in [0.717, 1.165) is 25.2 Å². The van der Waals surface area contributed by atoms with E-state index in [-0.39, 0.29) is 11.7 Å². The summed E-state index contributed by atoms with van der Waals surface area (Å²) in [4.78, 5) is 16.2. The molecule has 1 amide bonds. The second-order valence-corrected chi connectivity index (χ2v) is 7.07. The van der Waals surface area contributed by atoms with Crippen LogP contribution >= 0.6 is 43.6 Å². The number of hydrogen-bond donors (Lipinski definition) is 2. The van der Waals surface area contributed by atoms with Gasteiger partial charge in [0.1, 0.15) is 0 Å². The van der Waals surface area contributed by atoms with Crippen LogP contribution in [-0.4, -0.2) is 16.6 Å². The van der Waals surface area contributed by atoms with Crippen LogP contribution in [0.25, 0.3) is 0 Å². The summed E-state index contributed by atoms with van der Waals surface area (Å²) >= 11 is 8.27. The van der Waals surface area contributed by atoms with Crippen LogP contribution in [0.2, 0.25) is 0 Å². The Balaban J connectivity index is 1.97. The molecule has 21 heavy (non-hydrogen) atoms. The van der Waals surface area contributed by atoms with Crippen molar-refractivity contribution < 1.29 is 4.79 Å². The lowest BCUT2D eigenvalue weighted by atomic mass is 10.2. The lowest BCUT2D eigenvalue weighted by Gasteiger charge is -2.10. The number of rotatable bonds is 4. The van der Waals surface area contributed by atoms with Gasteiger partial charge in [-0.05, 0) is 68.6 Å². The number of aryl methyl sites for hydroxylation is 1. The molecule has 0 aliphatic heterocycles. The van der Waals surface area contributed by atoms with E-state index in [1.807, 2.05) is 19.1 Å². The second-order valence-electron chi connectivity index (χ2n) is 4.37. The summed E-state index contributed by atoms with van der Waals surface area (Å²) in [6, 6.07) is 7.47. The van der Waals surface area contributed by atoms with Crippen molar-refractivity contribution >= 4 is 60.9 Å². The Labute approximate surface area is 144 Å². The fourth-order valence-corrected chi connectivity index (χ4v) is 3.87. The Kier molecular flexibility index (Phi) is 5.66. The van der Waals surface area contributed by atoms with Gasteiger partial charge in [0, 0.05) is 8.95 Å². The maximum Gasteiger partial charge on any atom is 0.234 e. The van der Waals surface area contributed by atoms with E-state index in [9.17, 15) is 4.79 Å². The quantitative estimate of drug-likeness (QED) is 0.712. The molecule has 1 aromatic carbocycles. The van der Waals surface area contributed by atoms with Gasteiger partial charge in [-0.2, -0.15) is 0 Å². The lowest BCUT2D eigenvalue weighted by molar-refractivity contribution is -0.113. The average Bonchev–Trinajstić information content (AvgIpc) is 2.42. The molecule has 0 atom stereocenters. The highest BCUT2D eigenvalue weighted by Crippen LogP contribution is 2.32. The van der Waals surface area contributed by atoms with Crippen LogP contribution < -0.4 is 11.1 Å². The number of thioether (sulfide) groups is 1. The highest BCUT2D eigenvalue weighted by Gasteiger charge is 2.10. The van der Waals surface area contributed by atoms with Crippen molar-refractivity contribution in [3.05, 3.63) is 45.0 Å². The highest BCUT2D eigenvalue weighted by molar-refractivity contribution is 9.11. The zero-order valence-electron chi connectivity index (χ0n) is 11.2. The number of nitrogens with one attached hydrogen (secondary N) is 1. The van der Waals surface area contributed by atoms with Crippen LogP contribution in [0, 0.1) is 6.92 Å². The molecule has 7 heteroatoms. The van der Waals surface area contributed by atoms with Crippen LogP contribution in [0.4, 0.5) is 11.4 Å². The van der Waals surface area contributed by atoms with E-state index in [4.69, 9.17) is 5.73 Å². The number of halogens is 2. The predicted octanol–water partition coefficient (Wildman–Crippen LogP) is 4.23. The SMILES string of the molecule is Cc1cc(Br)c(NC(=O)CSc2ccc(N)cn2)c(Br)c1. The van der Waals surface area contributed by atoms with Crippen molar-refractivity contribution in [1.29, 1.82) is 0 Å². The van der Waals surface area contributed by atoms with Crippen molar-refractivity contribution in [2.24, 2.45) is 0 Å². The fourth-order valence-electron chi connectivity index (χ4n) is 1.61. The molecule has 2 rings (SSSR count). The van der Waals surface area contributed by atoms with Crippen LogP contribution in [-0.2, 0) is 4.79 Å². The Morgan fingerprint density at radius 3 is 2.57 bits per heavy atom. The largest absolute Gasteiger partial charge is 0.397 e. The maximum absolute atomic E-state index is 12.0. The van der Waals surface area contributed by atoms with Crippen LogP contribution in [0.5, 0.6) is 0 Å². The van der Waals surface area contributed by atoms with Gasteiger partial charge in [0.25, 0.3) is 0 Å². The molecule has 0 saturated carbocycles. The van der Waals surface area contributed by atoms with Gasteiger partial charge in [0.2, 0.25) is 5.91 Å². The molecule has 110 valence electrons. The number of nitrogens with zero attached hydrogens (tertiary/aromatic N) is 1. The molecule has 1 heterocycles. The molecule has 0 fully saturated rings. The summed E-state index contributed by atoms with van der Waals surface area (Å²) < 4.78 is 1.69. The van der Waals surface area contributed by atoms with Crippen molar-refractivity contribution in [2.75, 3.05) is 16.8 Å². The van der Waals surface area contributed by atoms with E-state index in [1.165, 1.54) is 11.8 Å². The summed E-state index contributed by atoms with van der Waals surface area (Å²) in [5, 5.41) is 3.65. The van der Waals surface area contributed by atoms with Crippen LogP contribution in [0.3, 0.4) is 0 Å². The van der Waals surface area contributed by atoms with Gasteiger partial charge < -0.3 is 11.1 Å². The Hall–Kier alpha value is -1.05. The number of amides is 1. The third-order valence-electron chi connectivity index (χ3n) is 2.56. The van der Waals surface area contributed by atoms with Crippen LogP contribution in [0.15, 0.2) is 44.4 Å². The van der Waals surface area contributed by atoms with Gasteiger partial charge in [0.05, 0.1) is 28.4 Å². The predicted molar refractivity (Wildman–Crippen MR) is 94.6 cm³/mol. The summed E-state index contributed by atoms with van der Waals surface area (Å²) in [5.74, 6) is 0.188. The molecule has 3 N–H and O–H groups in total. The molecule has 0 spiro atoms. The number of benzene rings is 1. The molecule has 0 unspecified atom stereocenters. The number of pyridine rings is 1. The first kappa shape index (κ1) is 16.3. The van der Waals surface area contributed by atoms with Gasteiger partial charge in [-0.25, -0.2) is 4.98 Å². The van der Waals surface area contributed by atoms with Gasteiger partial charge in [-0.15, -0.1) is 0 Å². The number of aromatic nitrogens is 1. The third-order valence-corrected chi connectivity index (χ3v) is 4.76. The first-order valence-electron chi connectivity index (χ1n) is 6.05.